The number of para-hydroxylation sites is 1. The van der Waals surface area contributed by atoms with Crippen molar-refractivity contribution in [3.05, 3.63) is 65.5 Å². The summed E-state index contributed by atoms with van der Waals surface area (Å²) in [6.45, 7) is 6.80. The maximum absolute atomic E-state index is 13.8. The minimum absolute atomic E-state index is 0.0176. The van der Waals surface area contributed by atoms with Crippen LogP contribution in [0.2, 0.25) is 0 Å². The molecule has 1 unspecified atom stereocenters. The third-order valence-electron chi connectivity index (χ3n) is 6.55. The Labute approximate surface area is 205 Å². The first-order valence-corrected chi connectivity index (χ1v) is 12.3. The largest absolute Gasteiger partial charge is 0.358 e. The van der Waals surface area contributed by atoms with E-state index in [1.54, 1.807) is 26.4 Å². The van der Waals surface area contributed by atoms with Crippen LogP contribution in [-0.4, -0.2) is 56.6 Å². The van der Waals surface area contributed by atoms with Crippen molar-refractivity contribution in [1.29, 1.82) is 0 Å². The summed E-state index contributed by atoms with van der Waals surface area (Å²) in [4.78, 5) is 25.5. The van der Waals surface area contributed by atoms with Crippen LogP contribution < -0.4 is 5.32 Å². The molecule has 1 fully saturated rings. The van der Waals surface area contributed by atoms with Crippen molar-refractivity contribution in [2.24, 2.45) is 5.92 Å². The van der Waals surface area contributed by atoms with Crippen LogP contribution in [-0.2, 0) is 23.5 Å². The maximum Gasteiger partial charge on any atom is 0.283 e. The van der Waals surface area contributed by atoms with Gasteiger partial charge in [0.25, 0.3) is 11.6 Å². The molecule has 3 aromatic rings. The van der Waals surface area contributed by atoms with E-state index in [2.05, 4.69) is 10.2 Å². The number of nitrogens with zero attached hydrogens (tertiary/aromatic N) is 5. The van der Waals surface area contributed by atoms with Gasteiger partial charge in [-0.3, -0.25) is 14.7 Å². The average Bonchev–Trinajstić information content (AvgIpc) is 2.86. The standard InChI is InChI=1S/C25H29F2N6OP/c1-16(2)22-24(34)33-15-31(13-17-7-9-18(10-8-17)25(26,27)35)11-12-32(33)14-21-28-20-6-4-3-5-19(20)23(29-21)30-22/h3-10,16,22H,11-15,35H2,1-2H3,(H,28,29,30)/t22-/m0/s1. The molecule has 0 spiro atoms. The van der Waals surface area contributed by atoms with Crippen LogP contribution in [0.4, 0.5) is 14.6 Å². The Morgan fingerprint density at radius 3 is 2.57 bits per heavy atom. The summed E-state index contributed by atoms with van der Waals surface area (Å²) in [5, 5.41) is 8.11. The van der Waals surface area contributed by atoms with E-state index in [4.69, 9.17) is 9.97 Å². The van der Waals surface area contributed by atoms with Crippen LogP contribution in [0.25, 0.3) is 10.9 Å². The monoisotopic (exact) mass is 498 g/mol. The fourth-order valence-corrected chi connectivity index (χ4v) is 4.80. The molecule has 2 bridgehead atoms. The molecule has 3 heterocycles. The van der Waals surface area contributed by atoms with Gasteiger partial charge in [-0.1, -0.05) is 59.5 Å². The first-order valence-electron chi connectivity index (χ1n) is 11.8. The molecule has 5 rings (SSSR count). The third kappa shape index (κ3) is 4.99. The molecule has 1 aromatic heterocycles. The Bertz CT molecular complexity index is 1230. The van der Waals surface area contributed by atoms with Gasteiger partial charge in [0.05, 0.1) is 18.7 Å². The number of carbonyl (C=O) groups is 1. The van der Waals surface area contributed by atoms with Crippen LogP contribution in [0.5, 0.6) is 0 Å². The summed E-state index contributed by atoms with van der Waals surface area (Å²) in [5.74, 6) is 1.37. The second-order valence-electron chi connectivity index (χ2n) is 9.51. The molecule has 0 aliphatic carbocycles. The molecule has 184 valence electrons. The van der Waals surface area contributed by atoms with Crippen molar-refractivity contribution in [3.63, 3.8) is 0 Å². The van der Waals surface area contributed by atoms with Crippen LogP contribution in [0.3, 0.4) is 0 Å². The van der Waals surface area contributed by atoms with Gasteiger partial charge in [0.2, 0.25) is 0 Å². The van der Waals surface area contributed by atoms with Crippen molar-refractivity contribution in [2.75, 3.05) is 25.1 Å². The van der Waals surface area contributed by atoms with Gasteiger partial charge < -0.3 is 5.32 Å². The van der Waals surface area contributed by atoms with E-state index >= 15 is 0 Å². The number of anilines is 1. The van der Waals surface area contributed by atoms with Crippen molar-refractivity contribution >= 4 is 31.9 Å². The normalized spacial score (nSPS) is 19.8. The lowest BCUT2D eigenvalue weighted by molar-refractivity contribution is -0.168. The van der Waals surface area contributed by atoms with Crippen LogP contribution >= 0.6 is 9.24 Å². The smallest absolute Gasteiger partial charge is 0.283 e. The van der Waals surface area contributed by atoms with E-state index in [1.165, 1.54) is 12.1 Å². The van der Waals surface area contributed by atoms with E-state index in [1.807, 2.05) is 43.1 Å². The van der Waals surface area contributed by atoms with E-state index in [9.17, 15) is 13.6 Å². The number of hydrogen-bond acceptors (Lipinski definition) is 6. The molecule has 1 N–H and O–H groups in total. The molecular formula is C25H29F2N6OP. The molecular weight excluding hydrogens is 469 g/mol. The highest BCUT2D eigenvalue weighted by atomic mass is 31.0. The Morgan fingerprint density at radius 2 is 1.86 bits per heavy atom. The molecule has 0 saturated carbocycles. The van der Waals surface area contributed by atoms with E-state index < -0.39 is 11.7 Å². The fourth-order valence-electron chi connectivity index (χ4n) is 4.61. The molecule has 1 saturated heterocycles. The first-order chi connectivity index (χ1) is 16.7. The minimum Gasteiger partial charge on any atom is -0.358 e. The highest BCUT2D eigenvalue weighted by Gasteiger charge is 2.36. The number of rotatable bonds is 4. The van der Waals surface area contributed by atoms with Gasteiger partial charge in [0.15, 0.2) is 0 Å². The summed E-state index contributed by atoms with van der Waals surface area (Å²) in [5.41, 5.74) is -1.21. The third-order valence-corrected chi connectivity index (χ3v) is 6.88. The van der Waals surface area contributed by atoms with Gasteiger partial charge in [-0.15, -0.1) is 0 Å². The highest BCUT2D eigenvalue weighted by molar-refractivity contribution is 7.17. The van der Waals surface area contributed by atoms with Crippen LogP contribution in [0.15, 0.2) is 48.5 Å². The highest BCUT2D eigenvalue weighted by Crippen LogP contribution is 2.34. The zero-order chi connectivity index (χ0) is 24.7. The number of hydrazine groups is 1. The lowest BCUT2D eigenvalue weighted by Gasteiger charge is -2.44. The molecule has 2 aliphatic heterocycles. The Kier molecular flexibility index (Phi) is 6.42. The molecule has 10 heteroatoms. The molecule has 0 radical (unpaired) electrons. The quantitative estimate of drug-likeness (QED) is 0.549. The SMILES string of the molecule is CC(C)[C@@H]1Nc2nc(nc3ccccc23)CN2CCN(Cc3ccc(C(F)(F)P)cc3)CN2C1=O. The lowest BCUT2D eigenvalue weighted by Crippen LogP contribution is -2.61. The first kappa shape index (κ1) is 24.0. The number of hydrogen-bond donors (Lipinski definition) is 1. The van der Waals surface area contributed by atoms with Crippen molar-refractivity contribution < 1.29 is 13.6 Å². The number of aromatic nitrogens is 2. The molecule has 7 nitrogen and oxygen atoms in total. The Hall–Kier alpha value is -2.74. The summed E-state index contributed by atoms with van der Waals surface area (Å²) in [7, 11) is 1.57. The molecule has 2 atom stereocenters. The van der Waals surface area contributed by atoms with E-state index in [0.717, 1.165) is 23.0 Å². The lowest BCUT2D eigenvalue weighted by atomic mass is 10.0. The van der Waals surface area contributed by atoms with Crippen molar-refractivity contribution in [2.45, 2.75) is 38.6 Å². The summed E-state index contributed by atoms with van der Waals surface area (Å²) >= 11 is 0. The zero-order valence-corrected chi connectivity index (χ0v) is 20.9. The zero-order valence-electron chi connectivity index (χ0n) is 19.8. The van der Waals surface area contributed by atoms with Crippen molar-refractivity contribution in [3.8, 4) is 0 Å². The predicted molar refractivity (Wildman–Crippen MR) is 134 cm³/mol. The van der Waals surface area contributed by atoms with Gasteiger partial charge >= 0.3 is 0 Å². The number of nitrogens with one attached hydrogen (secondary N) is 1. The number of amides is 1. The summed E-state index contributed by atoms with van der Waals surface area (Å²) < 4.78 is 27.1. The summed E-state index contributed by atoms with van der Waals surface area (Å²) in [6, 6.07) is 13.7. The number of fused-ring (bicyclic) bond motifs is 5. The van der Waals surface area contributed by atoms with E-state index in [-0.39, 0.29) is 17.4 Å². The molecule has 2 aliphatic rings. The molecule has 35 heavy (non-hydrogen) atoms. The van der Waals surface area contributed by atoms with Gasteiger partial charge in [-0.25, -0.2) is 15.0 Å². The second kappa shape index (κ2) is 9.37. The number of benzene rings is 2. The van der Waals surface area contributed by atoms with Crippen molar-refractivity contribution in [1.82, 2.24) is 24.9 Å². The van der Waals surface area contributed by atoms with Crippen LogP contribution in [0.1, 0.15) is 30.8 Å². The Morgan fingerprint density at radius 1 is 1.11 bits per heavy atom. The molecule has 2 aromatic carbocycles. The number of carbonyl (C=O) groups excluding carboxylic acids is 1. The summed E-state index contributed by atoms with van der Waals surface area (Å²) in [6.07, 6.45) is 0. The van der Waals surface area contributed by atoms with Gasteiger partial charge in [-0.2, -0.15) is 8.78 Å². The van der Waals surface area contributed by atoms with E-state index in [0.29, 0.717) is 37.9 Å². The minimum atomic E-state index is -2.94. The Balaban J connectivity index is 1.41. The second-order valence-corrected chi connectivity index (χ2v) is 10.2. The predicted octanol–water partition coefficient (Wildman–Crippen LogP) is 4.02. The topological polar surface area (TPSA) is 64.6 Å². The fraction of sp³-hybridized carbons (Fsp3) is 0.400. The average molecular weight is 499 g/mol. The molecule has 1 amide bonds. The van der Waals surface area contributed by atoms with Crippen LogP contribution in [0, 0.1) is 5.92 Å². The van der Waals surface area contributed by atoms with Gasteiger partial charge in [0, 0.05) is 30.6 Å². The maximum atomic E-state index is 13.8. The van der Waals surface area contributed by atoms with Gasteiger partial charge in [-0.05, 0) is 23.6 Å². The number of alkyl halides is 2. The number of halogens is 2. The van der Waals surface area contributed by atoms with Gasteiger partial charge in [0.1, 0.15) is 17.7 Å².